The summed E-state index contributed by atoms with van der Waals surface area (Å²) in [7, 11) is 0. The number of pyridine rings is 1. The van der Waals surface area contributed by atoms with Crippen LogP contribution in [-0.4, -0.2) is 16.1 Å². The first-order chi connectivity index (χ1) is 9.81. The smallest absolute Gasteiger partial charge is 0.337 e. The second-order valence-electron chi connectivity index (χ2n) is 3.82. The Morgan fingerprint density at radius 3 is 2.43 bits per heavy atom. The number of halogens is 5. The molecule has 1 aromatic carbocycles. The minimum absolute atomic E-state index is 0.444. The fourth-order valence-electron chi connectivity index (χ4n) is 1.51. The van der Waals surface area contributed by atoms with E-state index >= 15 is 0 Å². The van der Waals surface area contributed by atoms with Gasteiger partial charge in [0.05, 0.1) is 22.5 Å². The summed E-state index contributed by atoms with van der Waals surface area (Å²) in [6.45, 7) is 0. The van der Waals surface area contributed by atoms with Crippen molar-refractivity contribution >= 4 is 29.1 Å². The van der Waals surface area contributed by atoms with Crippen LogP contribution in [0.25, 0.3) is 0 Å². The SMILES string of the molecule is O=C(O)c1cc(Cl)c(F)c(F)c1Nc1ncc(F)cc1F. The van der Waals surface area contributed by atoms with Crippen molar-refractivity contribution in [3.05, 3.63) is 52.2 Å². The maximum atomic E-state index is 13.8. The van der Waals surface area contributed by atoms with Crippen LogP contribution in [0.5, 0.6) is 0 Å². The number of benzene rings is 1. The Labute approximate surface area is 120 Å². The normalized spacial score (nSPS) is 10.5. The Bertz CT molecular complexity index is 740. The van der Waals surface area contributed by atoms with Gasteiger partial charge in [-0.1, -0.05) is 11.6 Å². The number of carboxylic acids is 1. The number of hydrogen-bond acceptors (Lipinski definition) is 3. The highest BCUT2D eigenvalue weighted by Crippen LogP contribution is 2.31. The van der Waals surface area contributed by atoms with Gasteiger partial charge in [0, 0.05) is 6.07 Å². The van der Waals surface area contributed by atoms with E-state index in [4.69, 9.17) is 16.7 Å². The Balaban J connectivity index is 2.57. The van der Waals surface area contributed by atoms with E-state index in [0.29, 0.717) is 18.3 Å². The third-order valence-electron chi connectivity index (χ3n) is 2.44. The van der Waals surface area contributed by atoms with E-state index < -0.39 is 51.3 Å². The number of nitrogens with one attached hydrogen (secondary N) is 1. The molecule has 0 bridgehead atoms. The van der Waals surface area contributed by atoms with Gasteiger partial charge in [0.25, 0.3) is 0 Å². The van der Waals surface area contributed by atoms with Crippen LogP contribution in [0, 0.1) is 23.3 Å². The van der Waals surface area contributed by atoms with Gasteiger partial charge >= 0.3 is 5.97 Å². The monoisotopic (exact) mass is 320 g/mol. The van der Waals surface area contributed by atoms with Gasteiger partial charge in [-0.05, 0) is 6.07 Å². The summed E-state index contributed by atoms with van der Waals surface area (Å²) < 4.78 is 53.3. The number of hydrogen-bond donors (Lipinski definition) is 2. The molecule has 0 amide bonds. The molecule has 2 aromatic rings. The van der Waals surface area contributed by atoms with Gasteiger partial charge in [-0.3, -0.25) is 0 Å². The standard InChI is InChI=1S/C12H5ClF4N2O2/c13-6-2-5(12(20)21)10(9(17)8(6)16)19-11-7(15)1-4(14)3-18-11/h1-3H,(H,18,19)(H,20,21). The fraction of sp³-hybridized carbons (Fsp3) is 0. The third kappa shape index (κ3) is 2.89. The zero-order valence-electron chi connectivity index (χ0n) is 9.92. The molecule has 2 N–H and O–H groups in total. The van der Waals surface area contributed by atoms with Crippen molar-refractivity contribution in [1.29, 1.82) is 0 Å². The lowest BCUT2D eigenvalue weighted by Crippen LogP contribution is -2.09. The Hall–Kier alpha value is -2.35. The van der Waals surface area contributed by atoms with Crippen LogP contribution in [0.1, 0.15) is 10.4 Å². The van der Waals surface area contributed by atoms with Gasteiger partial charge in [0.15, 0.2) is 23.3 Å². The Morgan fingerprint density at radius 1 is 1.19 bits per heavy atom. The zero-order chi connectivity index (χ0) is 15.7. The number of rotatable bonds is 3. The second-order valence-corrected chi connectivity index (χ2v) is 4.23. The summed E-state index contributed by atoms with van der Waals surface area (Å²) in [5.41, 5.74) is -1.60. The highest BCUT2D eigenvalue weighted by atomic mass is 35.5. The second kappa shape index (κ2) is 5.57. The molecule has 0 saturated heterocycles. The average molecular weight is 321 g/mol. The molecule has 21 heavy (non-hydrogen) atoms. The minimum Gasteiger partial charge on any atom is -0.478 e. The molecule has 4 nitrogen and oxygen atoms in total. The summed E-state index contributed by atoms with van der Waals surface area (Å²) in [5, 5.41) is 10.2. The number of aromatic carboxylic acids is 1. The molecule has 0 aliphatic carbocycles. The largest absolute Gasteiger partial charge is 0.478 e. The van der Waals surface area contributed by atoms with Gasteiger partial charge < -0.3 is 10.4 Å². The molecule has 0 saturated carbocycles. The van der Waals surface area contributed by atoms with Crippen LogP contribution >= 0.6 is 11.6 Å². The minimum atomic E-state index is -1.62. The van der Waals surface area contributed by atoms with Crippen molar-refractivity contribution < 1.29 is 27.5 Å². The molecule has 0 atom stereocenters. The van der Waals surface area contributed by atoms with Crippen molar-refractivity contribution in [1.82, 2.24) is 4.98 Å². The number of carboxylic acid groups (broad SMARTS) is 1. The number of nitrogens with zero attached hydrogens (tertiary/aromatic N) is 1. The van der Waals surface area contributed by atoms with Crippen molar-refractivity contribution in [3.63, 3.8) is 0 Å². The van der Waals surface area contributed by atoms with E-state index in [1.54, 1.807) is 0 Å². The number of anilines is 2. The Morgan fingerprint density at radius 2 is 1.86 bits per heavy atom. The summed E-state index contributed by atoms with van der Waals surface area (Å²) in [6, 6.07) is 1.10. The van der Waals surface area contributed by atoms with Crippen LogP contribution in [-0.2, 0) is 0 Å². The quantitative estimate of drug-likeness (QED) is 0.668. The van der Waals surface area contributed by atoms with E-state index in [1.807, 2.05) is 5.32 Å². The molecule has 9 heteroatoms. The maximum Gasteiger partial charge on any atom is 0.337 e. The molecular weight excluding hydrogens is 316 g/mol. The van der Waals surface area contributed by atoms with E-state index in [9.17, 15) is 22.4 Å². The van der Waals surface area contributed by atoms with Gasteiger partial charge in [-0.2, -0.15) is 0 Å². The first-order valence-electron chi connectivity index (χ1n) is 5.30. The number of aromatic nitrogens is 1. The molecule has 1 heterocycles. The van der Waals surface area contributed by atoms with Crippen molar-refractivity contribution in [2.75, 3.05) is 5.32 Å². The summed E-state index contributed by atoms with van der Waals surface area (Å²) in [5.74, 6) is -7.61. The van der Waals surface area contributed by atoms with E-state index in [1.165, 1.54) is 0 Å². The summed E-state index contributed by atoms with van der Waals surface area (Å²) in [6.07, 6.45) is 0.621. The summed E-state index contributed by atoms with van der Waals surface area (Å²) >= 11 is 5.34. The van der Waals surface area contributed by atoms with E-state index in [0.717, 1.165) is 0 Å². The molecule has 2 rings (SSSR count). The topological polar surface area (TPSA) is 62.2 Å². The van der Waals surface area contributed by atoms with Gasteiger partial charge in [0.1, 0.15) is 5.82 Å². The molecule has 0 aliphatic rings. The lowest BCUT2D eigenvalue weighted by molar-refractivity contribution is 0.0697. The molecule has 0 fully saturated rings. The molecular formula is C12H5ClF4N2O2. The van der Waals surface area contributed by atoms with Gasteiger partial charge in [-0.25, -0.2) is 27.3 Å². The van der Waals surface area contributed by atoms with Crippen LogP contribution in [0.3, 0.4) is 0 Å². The lowest BCUT2D eigenvalue weighted by Gasteiger charge is -2.12. The lowest BCUT2D eigenvalue weighted by atomic mass is 10.1. The van der Waals surface area contributed by atoms with Crippen LogP contribution in [0.15, 0.2) is 18.3 Å². The van der Waals surface area contributed by atoms with Crippen molar-refractivity contribution in [2.45, 2.75) is 0 Å². The van der Waals surface area contributed by atoms with Crippen molar-refractivity contribution in [3.8, 4) is 0 Å². The van der Waals surface area contributed by atoms with Gasteiger partial charge in [0.2, 0.25) is 0 Å². The van der Waals surface area contributed by atoms with Crippen LogP contribution in [0.4, 0.5) is 29.1 Å². The summed E-state index contributed by atoms with van der Waals surface area (Å²) in [4.78, 5) is 14.3. The first kappa shape index (κ1) is 15.0. The molecule has 0 aliphatic heterocycles. The highest BCUT2D eigenvalue weighted by Gasteiger charge is 2.23. The maximum absolute atomic E-state index is 13.8. The van der Waals surface area contributed by atoms with Crippen molar-refractivity contribution in [2.24, 2.45) is 0 Å². The molecule has 0 radical (unpaired) electrons. The molecule has 0 spiro atoms. The van der Waals surface area contributed by atoms with Gasteiger partial charge in [-0.15, -0.1) is 0 Å². The molecule has 0 unspecified atom stereocenters. The number of carbonyl (C=O) groups is 1. The van der Waals surface area contributed by atoms with E-state index in [-0.39, 0.29) is 0 Å². The third-order valence-corrected chi connectivity index (χ3v) is 2.72. The predicted octanol–water partition coefficient (Wildman–Crippen LogP) is 3.73. The van der Waals surface area contributed by atoms with Crippen LogP contribution in [0.2, 0.25) is 5.02 Å². The van der Waals surface area contributed by atoms with E-state index in [2.05, 4.69) is 4.98 Å². The predicted molar refractivity (Wildman–Crippen MR) is 65.8 cm³/mol. The zero-order valence-corrected chi connectivity index (χ0v) is 10.7. The Kier molecular flexibility index (Phi) is 3.99. The van der Waals surface area contributed by atoms with Crippen LogP contribution < -0.4 is 5.32 Å². The fourth-order valence-corrected chi connectivity index (χ4v) is 1.70. The molecule has 110 valence electrons. The first-order valence-corrected chi connectivity index (χ1v) is 5.68. The average Bonchev–Trinajstić information content (AvgIpc) is 2.41. The highest BCUT2D eigenvalue weighted by molar-refractivity contribution is 6.31. The molecule has 1 aromatic heterocycles.